The number of hydrogen-bond acceptors (Lipinski definition) is 4. The molecule has 8 heteroatoms. The van der Waals surface area contributed by atoms with Gasteiger partial charge < -0.3 is 11.1 Å². The van der Waals surface area contributed by atoms with Gasteiger partial charge in [-0.3, -0.25) is 4.79 Å². The van der Waals surface area contributed by atoms with Gasteiger partial charge in [-0.2, -0.15) is 13.2 Å². The molecule has 1 unspecified atom stereocenters. The first-order valence-corrected chi connectivity index (χ1v) is 6.22. The second-order valence-corrected chi connectivity index (χ2v) is 5.36. The van der Waals surface area contributed by atoms with Crippen molar-refractivity contribution in [3.05, 3.63) is 11.1 Å². The number of thiazole rings is 1. The number of aromatic nitrogens is 1. The van der Waals surface area contributed by atoms with Crippen LogP contribution in [0.2, 0.25) is 0 Å². The Balaban J connectivity index is 2.06. The Bertz CT molecular complexity index is 465. The van der Waals surface area contributed by atoms with Crippen molar-refractivity contribution in [2.45, 2.75) is 37.4 Å². The molecule has 0 saturated heterocycles. The van der Waals surface area contributed by atoms with Gasteiger partial charge in [0.05, 0.1) is 5.69 Å². The van der Waals surface area contributed by atoms with Crippen LogP contribution in [-0.2, 0) is 4.79 Å². The Morgan fingerprint density at radius 1 is 1.56 bits per heavy atom. The molecule has 1 saturated carbocycles. The van der Waals surface area contributed by atoms with Crippen molar-refractivity contribution in [2.24, 2.45) is 5.73 Å². The van der Waals surface area contributed by atoms with Gasteiger partial charge in [-0.05, 0) is 19.8 Å². The highest BCUT2D eigenvalue weighted by Gasteiger charge is 2.54. The molecular weight excluding hydrogens is 267 g/mol. The van der Waals surface area contributed by atoms with E-state index in [1.165, 1.54) is 0 Å². The fourth-order valence-electron chi connectivity index (χ4n) is 1.27. The van der Waals surface area contributed by atoms with Crippen LogP contribution in [0.25, 0.3) is 0 Å². The lowest BCUT2D eigenvalue weighted by Gasteiger charge is -2.25. The smallest absolute Gasteiger partial charge is 0.310 e. The number of halogens is 3. The van der Waals surface area contributed by atoms with E-state index < -0.39 is 17.6 Å². The zero-order valence-corrected chi connectivity index (χ0v) is 10.4. The van der Waals surface area contributed by atoms with Gasteiger partial charge in [0.15, 0.2) is 10.7 Å². The van der Waals surface area contributed by atoms with Crippen LogP contribution in [0.15, 0.2) is 5.38 Å². The van der Waals surface area contributed by atoms with Gasteiger partial charge in [-0.25, -0.2) is 4.98 Å². The van der Waals surface area contributed by atoms with E-state index in [-0.39, 0.29) is 5.13 Å². The highest BCUT2D eigenvalue weighted by Crippen LogP contribution is 2.41. The Kier molecular flexibility index (Phi) is 3.10. The fraction of sp³-hybridized carbons (Fsp3) is 0.600. The predicted octanol–water partition coefficient (Wildman–Crippen LogP) is 2.24. The summed E-state index contributed by atoms with van der Waals surface area (Å²) in [4.78, 5) is 15.6. The van der Waals surface area contributed by atoms with Crippen molar-refractivity contribution in [2.75, 3.05) is 5.32 Å². The number of carbonyl (C=O) groups is 1. The van der Waals surface area contributed by atoms with Crippen LogP contribution in [0, 0.1) is 0 Å². The van der Waals surface area contributed by atoms with Crippen LogP contribution < -0.4 is 11.1 Å². The van der Waals surface area contributed by atoms with Crippen molar-refractivity contribution >= 4 is 22.4 Å². The molecule has 18 heavy (non-hydrogen) atoms. The van der Waals surface area contributed by atoms with Gasteiger partial charge in [-0.15, -0.1) is 11.3 Å². The van der Waals surface area contributed by atoms with E-state index >= 15 is 0 Å². The van der Waals surface area contributed by atoms with Crippen LogP contribution >= 0.6 is 11.3 Å². The van der Waals surface area contributed by atoms with Crippen molar-refractivity contribution in [1.82, 2.24) is 4.98 Å². The fourth-order valence-corrected chi connectivity index (χ4v) is 2.05. The molecule has 100 valence electrons. The number of alkyl halides is 3. The minimum atomic E-state index is -4.80. The Morgan fingerprint density at radius 3 is 2.67 bits per heavy atom. The lowest BCUT2D eigenvalue weighted by molar-refractivity contribution is -0.184. The molecule has 0 spiro atoms. The number of carbonyl (C=O) groups excluding carboxylic acids is 1. The first kappa shape index (κ1) is 13.3. The lowest BCUT2D eigenvalue weighted by Crippen LogP contribution is -2.59. The molecule has 1 aliphatic rings. The summed E-state index contributed by atoms with van der Waals surface area (Å²) in [5.74, 6) is -0.912. The number of anilines is 1. The summed E-state index contributed by atoms with van der Waals surface area (Å²) in [5.41, 5.74) is 2.91. The summed E-state index contributed by atoms with van der Waals surface area (Å²) >= 11 is 1.11. The van der Waals surface area contributed by atoms with Crippen molar-refractivity contribution < 1.29 is 18.0 Å². The topological polar surface area (TPSA) is 68.0 Å². The molecule has 1 aliphatic carbocycles. The summed E-state index contributed by atoms with van der Waals surface area (Å²) in [7, 11) is 0. The van der Waals surface area contributed by atoms with Crippen molar-refractivity contribution in [1.29, 1.82) is 0 Å². The highest BCUT2D eigenvalue weighted by atomic mass is 32.1. The molecular formula is C10H12F3N3OS. The largest absolute Gasteiger partial charge is 0.415 e. The molecule has 1 amide bonds. The number of nitrogens with zero attached hydrogens (tertiary/aromatic N) is 1. The van der Waals surface area contributed by atoms with Crippen LogP contribution in [0.5, 0.6) is 0 Å². The van der Waals surface area contributed by atoms with E-state index in [1.54, 1.807) is 5.38 Å². The lowest BCUT2D eigenvalue weighted by atomic mass is 10.0. The first-order valence-electron chi connectivity index (χ1n) is 5.34. The third-order valence-electron chi connectivity index (χ3n) is 2.80. The molecule has 0 aromatic carbocycles. The minimum Gasteiger partial charge on any atom is -0.310 e. The van der Waals surface area contributed by atoms with Gasteiger partial charge in [0.1, 0.15) is 0 Å². The van der Waals surface area contributed by atoms with Gasteiger partial charge in [0.25, 0.3) is 5.91 Å². The van der Waals surface area contributed by atoms with Gasteiger partial charge in [0, 0.05) is 11.3 Å². The average molecular weight is 279 g/mol. The van der Waals surface area contributed by atoms with Crippen molar-refractivity contribution in [3.8, 4) is 0 Å². The zero-order valence-electron chi connectivity index (χ0n) is 9.54. The van der Waals surface area contributed by atoms with E-state index in [4.69, 9.17) is 5.73 Å². The quantitative estimate of drug-likeness (QED) is 0.891. The molecule has 2 rings (SSSR count). The molecule has 1 fully saturated rings. The van der Waals surface area contributed by atoms with Crippen LogP contribution in [0.1, 0.15) is 31.4 Å². The summed E-state index contributed by atoms with van der Waals surface area (Å²) in [6, 6.07) is 0. The number of hydrogen-bond donors (Lipinski definition) is 2. The van der Waals surface area contributed by atoms with E-state index in [0.717, 1.165) is 29.9 Å². The zero-order chi connectivity index (χ0) is 13.6. The third kappa shape index (κ3) is 2.49. The number of nitrogens with two attached hydrogens (primary N) is 1. The average Bonchev–Trinajstić information content (AvgIpc) is 2.98. The Hall–Kier alpha value is -1.15. The Labute approximate surface area is 105 Å². The van der Waals surface area contributed by atoms with Crippen molar-refractivity contribution in [3.63, 3.8) is 0 Å². The SMILES string of the molecule is CC(N)(C(=O)Nc1nc(C2CC2)cs1)C(F)(F)F. The standard InChI is InChI=1S/C10H12F3N3OS/c1-9(14,10(11,12)13)7(17)16-8-15-6(4-18-8)5-2-3-5/h4-5H,2-3,14H2,1H3,(H,15,16,17). The van der Waals surface area contributed by atoms with Gasteiger partial charge >= 0.3 is 6.18 Å². The molecule has 1 aromatic heterocycles. The molecule has 0 bridgehead atoms. The highest BCUT2D eigenvalue weighted by molar-refractivity contribution is 7.14. The third-order valence-corrected chi connectivity index (χ3v) is 3.57. The molecule has 4 nitrogen and oxygen atoms in total. The van der Waals surface area contributed by atoms with Gasteiger partial charge in [0.2, 0.25) is 0 Å². The van der Waals surface area contributed by atoms with E-state index in [9.17, 15) is 18.0 Å². The second kappa shape index (κ2) is 4.20. The second-order valence-electron chi connectivity index (χ2n) is 4.51. The molecule has 1 heterocycles. The summed E-state index contributed by atoms with van der Waals surface area (Å²) in [6.07, 6.45) is -2.73. The summed E-state index contributed by atoms with van der Waals surface area (Å²) in [6.45, 7) is 0.637. The van der Waals surface area contributed by atoms with E-state index in [2.05, 4.69) is 10.3 Å². The Morgan fingerprint density at radius 2 is 2.17 bits per heavy atom. The number of amides is 1. The molecule has 1 atom stereocenters. The normalized spacial score (nSPS) is 19.4. The van der Waals surface area contributed by atoms with Crippen LogP contribution in [0.3, 0.4) is 0 Å². The maximum atomic E-state index is 12.5. The molecule has 3 N–H and O–H groups in total. The molecule has 1 aromatic rings. The minimum absolute atomic E-state index is 0.155. The number of rotatable bonds is 3. The predicted molar refractivity (Wildman–Crippen MR) is 61.4 cm³/mol. The van der Waals surface area contributed by atoms with Gasteiger partial charge in [-0.1, -0.05) is 0 Å². The monoisotopic (exact) mass is 279 g/mol. The maximum Gasteiger partial charge on any atom is 0.415 e. The first-order chi connectivity index (χ1) is 8.22. The summed E-state index contributed by atoms with van der Waals surface area (Å²) in [5, 5.41) is 4.02. The van der Waals surface area contributed by atoms with E-state index in [0.29, 0.717) is 12.8 Å². The maximum absolute atomic E-state index is 12.5. The summed E-state index contributed by atoms with van der Waals surface area (Å²) < 4.78 is 37.6. The number of nitrogens with one attached hydrogen (secondary N) is 1. The van der Waals surface area contributed by atoms with Crippen LogP contribution in [-0.4, -0.2) is 22.6 Å². The molecule has 0 radical (unpaired) electrons. The van der Waals surface area contributed by atoms with Crippen LogP contribution in [0.4, 0.5) is 18.3 Å². The molecule has 0 aliphatic heterocycles. The van der Waals surface area contributed by atoms with E-state index in [1.807, 2.05) is 0 Å².